The maximum absolute atomic E-state index is 12.3. The minimum absolute atomic E-state index is 0.00967. The lowest BCUT2D eigenvalue weighted by molar-refractivity contribution is -0.139. The van der Waals surface area contributed by atoms with Crippen LogP contribution in [0.1, 0.15) is 31.2 Å². The SMILES string of the molecule is CCC(C(=O)NCC(=O)O)c1ccccc1OP(=O)(O)CCC(N)C(=O)O. The highest BCUT2D eigenvalue weighted by atomic mass is 31.2. The largest absolute Gasteiger partial charge is 0.480 e. The predicted octanol–water partition coefficient (Wildman–Crippen LogP) is 0.747. The topological polar surface area (TPSA) is 176 Å². The van der Waals surface area contributed by atoms with E-state index in [1.807, 2.05) is 0 Å². The average molecular weight is 402 g/mol. The Kier molecular flexibility index (Phi) is 8.42. The van der Waals surface area contributed by atoms with Gasteiger partial charge in [0.15, 0.2) is 0 Å². The number of rotatable bonds is 11. The van der Waals surface area contributed by atoms with Gasteiger partial charge < -0.3 is 30.7 Å². The van der Waals surface area contributed by atoms with Crippen LogP contribution in [0.3, 0.4) is 0 Å². The second-order valence-electron chi connectivity index (χ2n) is 5.80. The number of carboxylic acid groups (broad SMARTS) is 2. The summed E-state index contributed by atoms with van der Waals surface area (Å²) in [5.74, 6) is -3.85. The lowest BCUT2D eigenvalue weighted by Gasteiger charge is -2.21. The van der Waals surface area contributed by atoms with Gasteiger partial charge in [0, 0.05) is 5.56 Å². The van der Waals surface area contributed by atoms with Crippen molar-refractivity contribution in [3.8, 4) is 5.75 Å². The van der Waals surface area contributed by atoms with Crippen molar-refractivity contribution in [2.45, 2.75) is 31.7 Å². The summed E-state index contributed by atoms with van der Waals surface area (Å²) in [5.41, 5.74) is 5.65. The second kappa shape index (κ2) is 10.1. The van der Waals surface area contributed by atoms with Crippen molar-refractivity contribution in [1.29, 1.82) is 0 Å². The van der Waals surface area contributed by atoms with E-state index in [9.17, 15) is 23.8 Å². The van der Waals surface area contributed by atoms with Crippen LogP contribution in [0, 0.1) is 0 Å². The van der Waals surface area contributed by atoms with Crippen LogP contribution in [-0.2, 0) is 18.9 Å². The highest BCUT2D eigenvalue weighted by Gasteiger charge is 2.28. The Morgan fingerprint density at radius 3 is 2.44 bits per heavy atom. The first-order valence-corrected chi connectivity index (χ1v) is 9.92. The number of carbonyl (C=O) groups is 3. The van der Waals surface area contributed by atoms with E-state index in [2.05, 4.69) is 5.32 Å². The number of carboxylic acids is 2. The predicted molar refractivity (Wildman–Crippen MR) is 95.7 cm³/mol. The molecule has 0 radical (unpaired) electrons. The monoisotopic (exact) mass is 402 g/mol. The Morgan fingerprint density at radius 1 is 1.26 bits per heavy atom. The van der Waals surface area contributed by atoms with Gasteiger partial charge in [-0.1, -0.05) is 25.1 Å². The van der Waals surface area contributed by atoms with Crippen LogP contribution in [0.4, 0.5) is 0 Å². The van der Waals surface area contributed by atoms with E-state index in [-0.39, 0.29) is 12.2 Å². The standard InChI is InChI=1S/C16H23N2O8P/c1-2-10(15(21)18-9-14(19)20)11-5-3-4-6-13(11)26-27(24,25)8-7-12(17)16(22)23/h3-6,10,12H,2,7-9,17H2,1H3,(H,18,21)(H,19,20)(H,22,23)(H,24,25). The van der Waals surface area contributed by atoms with Gasteiger partial charge in [0.1, 0.15) is 18.3 Å². The minimum Gasteiger partial charge on any atom is -0.480 e. The summed E-state index contributed by atoms with van der Waals surface area (Å²) >= 11 is 0. The second-order valence-corrected chi connectivity index (χ2v) is 7.70. The van der Waals surface area contributed by atoms with E-state index in [1.165, 1.54) is 12.1 Å². The van der Waals surface area contributed by atoms with Gasteiger partial charge in [-0.3, -0.25) is 14.4 Å². The van der Waals surface area contributed by atoms with Gasteiger partial charge in [-0.15, -0.1) is 0 Å². The molecule has 0 aromatic heterocycles. The molecule has 1 aromatic carbocycles. The molecule has 3 atom stereocenters. The summed E-state index contributed by atoms with van der Waals surface area (Å²) in [6.45, 7) is 1.15. The van der Waals surface area contributed by atoms with E-state index in [4.69, 9.17) is 20.5 Å². The first kappa shape index (κ1) is 22.6. The third-order valence-electron chi connectivity index (χ3n) is 3.71. The fourth-order valence-corrected chi connectivity index (χ4v) is 3.48. The van der Waals surface area contributed by atoms with Crippen LogP contribution in [0.5, 0.6) is 5.75 Å². The van der Waals surface area contributed by atoms with Gasteiger partial charge >= 0.3 is 19.5 Å². The summed E-state index contributed by atoms with van der Waals surface area (Å²) in [6.07, 6.45) is -0.441. The first-order valence-electron chi connectivity index (χ1n) is 8.15. The Balaban J connectivity index is 2.96. The van der Waals surface area contributed by atoms with E-state index < -0.39 is 50.1 Å². The Hall–Kier alpha value is -2.42. The molecule has 1 aromatic rings. The molecule has 3 unspecified atom stereocenters. The lowest BCUT2D eigenvalue weighted by atomic mass is 9.95. The van der Waals surface area contributed by atoms with Crippen molar-refractivity contribution in [1.82, 2.24) is 5.32 Å². The number of hydrogen-bond donors (Lipinski definition) is 5. The zero-order valence-electron chi connectivity index (χ0n) is 14.7. The number of hydrogen-bond acceptors (Lipinski definition) is 6. The lowest BCUT2D eigenvalue weighted by Crippen LogP contribution is -2.33. The zero-order chi connectivity index (χ0) is 20.6. The molecule has 0 aliphatic rings. The molecule has 150 valence electrons. The number of amides is 1. The molecule has 0 saturated heterocycles. The molecule has 1 rings (SSSR count). The van der Waals surface area contributed by atoms with Crippen molar-refractivity contribution in [3.05, 3.63) is 29.8 Å². The van der Waals surface area contributed by atoms with Gasteiger partial charge in [-0.25, -0.2) is 4.57 Å². The molecule has 0 bridgehead atoms. The van der Waals surface area contributed by atoms with Crippen LogP contribution in [0.15, 0.2) is 24.3 Å². The fraction of sp³-hybridized carbons (Fsp3) is 0.438. The molecule has 10 nitrogen and oxygen atoms in total. The summed E-state index contributed by atoms with van der Waals surface area (Å²) < 4.78 is 17.5. The van der Waals surface area contributed by atoms with Crippen LogP contribution >= 0.6 is 7.60 Å². The Morgan fingerprint density at radius 2 is 1.89 bits per heavy atom. The summed E-state index contributed by atoms with van der Waals surface area (Å²) in [5, 5.41) is 19.7. The summed E-state index contributed by atoms with van der Waals surface area (Å²) in [4.78, 5) is 43.6. The number of carbonyl (C=O) groups excluding carboxylic acids is 1. The quantitative estimate of drug-likeness (QED) is 0.334. The maximum Gasteiger partial charge on any atom is 0.376 e. The first-order chi connectivity index (χ1) is 12.6. The third-order valence-corrected chi connectivity index (χ3v) is 5.02. The molecule has 0 heterocycles. The molecule has 0 fully saturated rings. The highest BCUT2D eigenvalue weighted by Crippen LogP contribution is 2.45. The number of nitrogens with one attached hydrogen (secondary N) is 1. The summed E-state index contributed by atoms with van der Waals surface area (Å²) in [6, 6.07) is 4.80. The van der Waals surface area contributed by atoms with Crippen molar-refractivity contribution in [2.75, 3.05) is 12.7 Å². The molecule has 6 N–H and O–H groups in total. The van der Waals surface area contributed by atoms with Gasteiger partial charge in [0.25, 0.3) is 0 Å². The Labute approximate surface area is 155 Å². The van der Waals surface area contributed by atoms with Crippen molar-refractivity contribution >= 4 is 25.4 Å². The van der Waals surface area contributed by atoms with Gasteiger partial charge in [-0.2, -0.15) is 0 Å². The molecule has 0 spiro atoms. The molecule has 1 amide bonds. The van der Waals surface area contributed by atoms with Crippen molar-refractivity contribution in [3.63, 3.8) is 0 Å². The number of benzene rings is 1. The number of nitrogens with two attached hydrogens (primary N) is 1. The molecular weight excluding hydrogens is 379 g/mol. The normalized spacial score (nSPS) is 15.2. The van der Waals surface area contributed by atoms with Crippen LogP contribution in [0.2, 0.25) is 0 Å². The third kappa shape index (κ3) is 7.38. The van der Waals surface area contributed by atoms with E-state index in [0.29, 0.717) is 12.0 Å². The molecule has 0 aliphatic heterocycles. The number of para-hydroxylation sites is 1. The smallest absolute Gasteiger partial charge is 0.376 e. The Bertz CT molecular complexity index is 739. The van der Waals surface area contributed by atoms with Crippen molar-refractivity contribution in [2.24, 2.45) is 5.73 Å². The minimum atomic E-state index is -4.22. The molecular formula is C16H23N2O8P. The maximum atomic E-state index is 12.3. The molecule has 0 saturated carbocycles. The zero-order valence-corrected chi connectivity index (χ0v) is 15.6. The van der Waals surface area contributed by atoms with Gasteiger partial charge in [0.05, 0.1) is 12.1 Å². The number of aliphatic carboxylic acids is 2. The van der Waals surface area contributed by atoms with Crippen molar-refractivity contribution < 1.29 is 38.6 Å². The molecule has 0 aliphatic carbocycles. The molecule has 27 heavy (non-hydrogen) atoms. The summed E-state index contributed by atoms with van der Waals surface area (Å²) in [7, 11) is -4.22. The highest BCUT2D eigenvalue weighted by molar-refractivity contribution is 7.53. The average Bonchev–Trinajstić information content (AvgIpc) is 2.59. The van der Waals surface area contributed by atoms with Gasteiger partial charge in [-0.05, 0) is 18.9 Å². The van der Waals surface area contributed by atoms with E-state index in [0.717, 1.165) is 0 Å². The fourth-order valence-electron chi connectivity index (χ4n) is 2.31. The molecule has 11 heteroatoms. The van der Waals surface area contributed by atoms with E-state index >= 15 is 0 Å². The van der Waals surface area contributed by atoms with Crippen LogP contribution in [-0.4, -0.2) is 51.7 Å². The van der Waals surface area contributed by atoms with E-state index in [1.54, 1.807) is 19.1 Å². The van der Waals surface area contributed by atoms with Crippen LogP contribution in [0.25, 0.3) is 0 Å². The van der Waals surface area contributed by atoms with Crippen LogP contribution < -0.4 is 15.6 Å². The van der Waals surface area contributed by atoms with Gasteiger partial charge in [0.2, 0.25) is 5.91 Å².